The summed E-state index contributed by atoms with van der Waals surface area (Å²) in [4.78, 5) is 25.7. The molecule has 3 aromatic carbocycles. The molecule has 0 saturated carbocycles. The van der Waals surface area contributed by atoms with E-state index in [1.54, 1.807) is 12.4 Å². The molecule has 8 heteroatoms. The Morgan fingerprint density at radius 3 is 2.44 bits per heavy atom. The van der Waals surface area contributed by atoms with Crippen LogP contribution in [0, 0.1) is 0 Å². The molecule has 7 nitrogen and oxygen atoms in total. The number of carbonyl (C=O) groups excluding carboxylic acids is 1. The number of nitrogens with one attached hydrogen (secondary N) is 1. The van der Waals surface area contributed by atoms with Gasteiger partial charge in [0.1, 0.15) is 0 Å². The molecule has 0 aliphatic rings. The maximum Gasteiger partial charge on any atom is 0.268 e. The average molecular weight is 560 g/mol. The summed E-state index contributed by atoms with van der Waals surface area (Å²) >= 11 is 1.43. The topological polar surface area (TPSA) is 83.3 Å². The van der Waals surface area contributed by atoms with Crippen molar-refractivity contribution < 1.29 is 9.90 Å². The van der Waals surface area contributed by atoms with Gasteiger partial charge in [-0.05, 0) is 60.0 Å². The molecule has 2 N–H and O–H groups in total. The van der Waals surface area contributed by atoms with Crippen molar-refractivity contribution in [2.24, 2.45) is 0 Å². The lowest BCUT2D eigenvalue weighted by Gasteiger charge is -2.26. The molecule has 0 aliphatic heterocycles. The summed E-state index contributed by atoms with van der Waals surface area (Å²) in [6.07, 6.45) is 3.47. The summed E-state index contributed by atoms with van der Waals surface area (Å²) < 4.78 is 2.05. The molecular weight excluding hydrogens is 530 g/mol. The first kappa shape index (κ1) is 26.4. The molecule has 0 aliphatic carbocycles. The van der Waals surface area contributed by atoms with E-state index in [-0.39, 0.29) is 5.91 Å². The number of benzene rings is 3. The van der Waals surface area contributed by atoms with Crippen molar-refractivity contribution in [1.29, 1.82) is 0 Å². The molecule has 3 heterocycles. The van der Waals surface area contributed by atoms with E-state index in [9.17, 15) is 9.90 Å². The molecule has 41 heavy (non-hydrogen) atoms. The zero-order chi connectivity index (χ0) is 28.2. The average Bonchev–Trinajstić information content (AvgIpc) is 3.65. The molecule has 204 valence electrons. The summed E-state index contributed by atoms with van der Waals surface area (Å²) in [6.45, 7) is 0.644. The first-order chi connectivity index (χ1) is 20.1. The third-order valence-corrected chi connectivity index (χ3v) is 8.22. The van der Waals surface area contributed by atoms with E-state index in [1.165, 1.54) is 16.9 Å². The molecule has 6 aromatic rings. The molecule has 0 bridgehead atoms. The number of aliphatic hydroxyl groups excluding tert-OH is 1. The largest absolute Gasteiger partial charge is 0.369 e. The van der Waals surface area contributed by atoms with Gasteiger partial charge in [-0.2, -0.15) is 0 Å². The van der Waals surface area contributed by atoms with Crippen molar-refractivity contribution in [3.05, 3.63) is 132 Å². The van der Waals surface area contributed by atoms with Gasteiger partial charge in [0, 0.05) is 42.1 Å². The number of fused-ring (bicyclic) bond motifs is 1. The molecule has 0 saturated heterocycles. The quantitative estimate of drug-likeness (QED) is 0.191. The molecule has 6 rings (SSSR count). The smallest absolute Gasteiger partial charge is 0.268 e. The highest BCUT2D eigenvalue weighted by molar-refractivity contribution is 7.17. The Balaban J connectivity index is 1.31. The number of rotatable bonds is 9. The van der Waals surface area contributed by atoms with Crippen molar-refractivity contribution in [2.75, 3.05) is 17.3 Å². The van der Waals surface area contributed by atoms with Crippen molar-refractivity contribution >= 4 is 39.9 Å². The molecule has 1 amide bonds. The third kappa shape index (κ3) is 5.75. The second kappa shape index (κ2) is 11.8. The zero-order valence-corrected chi connectivity index (χ0v) is 23.3. The fraction of sp³-hybridized carbons (Fsp3) is 0.121. The summed E-state index contributed by atoms with van der Waals surface area (Å²) in [6, 6.07) is 33.4. The molecular formula is C33H29N5O2S. The van der Waals surface area contributed by atoms with Crippen LogP contribution in [0.5, 0.6) is 0 Å². The summed E-state index contributed by atoms with van der Waals surface area (Å²) in [5.74, 6) is 0.284. The molecule has 3 aromatic heterocycles. The second-order valence-corrected chi connectivity index (χ2v) is 10.8. The number of aromatic nitrogens is 3. The van der Waals surface area contributed by atoms with Crippen LogP contribution in [0.4, 0.5) is 11.6 Å². The summed E-state index contributed by atoms with van der Waals surface area (Å²) in [7, 11) is 1.85. The van der Waals surface area contributed by atoms with Gasteiger partial charge >= 0.3 is 0 Å². The lowest BCUT2D eigenvalue weighted by molar-refractivity contribution is 0.102. The highest BCUT2D eigenvalue weighted by Crippen LogP contribution is 2.31. The zero-order valence-electron chi connectivity index (χ0n) is 22.5. The minimum atomic E-state index is -0.804. The first-order valence-corrected chi connectivity index (χ1v) is 14.2. The predicted molar refractivity (Wildman–Crippen MR) is 165 cm³/mol. The minimum absolute atomic E-state index is 0.205. The first-order valence-electron chi connectivity index (χ1n) is 13.4. The number of anilines is 2. The predicted octanol–water partition coefficient (Wildman–Crippen LogP) is 6.78. The number of nitrogens with zero attached hydrogens (tertiary/aromatic N) is 4. The highest BCUT2D eigenvalue weighted by Gasteiger charge is 2.19. The van der Waals surface area contributed by atoms with Crippen LogP contribution in [0.3, 0.4) is 0 Å². The Labute approximate surface area is 242 Å². The van der Waals surface area contributed by atoms with Gasteiger partial charge in [-0.3, -0.25) is 15.1 Å². The second-order valence-electron chi connectivity index (χ2n) is 9.74. The SMILES string of the molecule is CN(c1ccc2c(c1)nc(NC(=O)c1ccc(-c3ccncc3)s1)n2CCc1ccccc1)C(O)c1ccccc1. The van der Waals surface area contributed by atoms with Crippen molar-refractivity contribution in [2.45, 2.75) is 19.2 Å². The number of aliphatic hydroxyl groups is 1. The molecule has 0 fully saturated rings. The Morgan fingerprint density at radius 1 is 0.951 bits per heavy atom. The molecule has 1 atom stereocenters. The third-order valence-electron chi connectivity index (χ3n) is 7.09. The van der Waals surface area contributed by atoms with Gasteiger partial charge < -0.3 is 14.6 Å². The van der Waals surface area contributed by atoms with E-state index in [2.05, 4.69) is 27.0 Å². The number of hydrogen-bond acceptors (Lipinski definition) is 6. The summed E-state index contributed by atoms with van der Waals surface area (Å²) in [5.41, 5.74) is 5.49. The fourth-order valence-corrected chi connectivity index (χ4v) is 5.74. The molecule has 1 unspecified atom stereocenters. The highest BCUT2D eigenvalue weighted by atomic mass is 32.1. The van der Waals surface area contributed by atoms with E-state index in [0.29, 0.717) is 17.4 Å². The van der Waals surface area contributed by atoms with Crippen molar-refractivity contribution in [3.8, 4) is 10.4 Å². The Hall–Kier alpha value is -4.79. The minimum Gasteiger partial charge on any atom is -0.369 e. The number of imidazole rings is 1. The van der Waals surface area contributed by atoms with Crippen LogP contribution in [0.25, 0.3) is 21.5 Å². The monoisotopic (exact) mass is 559 g/mol. The van der Waals surface area contributed by atoms with Gasteiger partial charge in [0.25, 0.3) is 5.91 Å². The van der Waals surface area contributed by atoms with Crippen LogP contribution in [-0.4, -0.2) is 32.6 Å². The van der Waals surface area contributed by atoms with Gasteiger partial charge in [-0.1, -0.05) is 60.7 Å². The molecule has 0 spiro atoms. The van der Waals surface area contributed by atoms with E-state index >= 15 is 0 Å². The Bertz CT molecular complexity index is 1770. The lowest BCUT2D eigenvalue weighted by Crippen LogP contribution is -2.23. The number of thiophene rings is 1. The van der Waals surface area contributed by atoms with Gasteiger partial charge in [0.2, 0.25) is 5.95 Å². The van der Waals surface area contributed by atoms with E-state index < -0.39 is 6.23 Å². The summed E-state index contributed by atoms with van der Waals surface area (Å²) in [5, 5.41) is 14.0. The standard InChI is InChI=1S/C33H29N5O2S/c1-37(32(40)25-10-6-3-7-11-25)26-12-13-28-27(22-26)35-33(38(28)21-18-23-8-4-2-5-9-23)36-31(39)30-15-14-29(41-30)24-16-19-34-20-17-24/h2-17,19-20,22,32,40H,18,21H2,1H3,(H,35,36,39). The van der Waals surface area contributed by atoms with Gasteiger partial charge in [-0.15, -0.1) is 11.3 Å². The van der Waals surface area contributed by atoms with Crippen LogP contribution in [0.2, 0.25) is 0 Å². The lowest BCUT2D eigenvalue weighted by atomic mass is 10.1. The van der Waals surface area contributed by atoms with E-state index in [4.69, 9.17) is 4.98 Å². The van der Waals surface area contributed by atoms with Gasteiger partial charge in [0.05, 0.1) is 15.9 Å². The van der Waals surface area contributed by atoms with Crippen LogP contribution >= 0.6 is 11.3 Å². The van der Waals surface area contributed by atoms with Gasteiger partial charge in [0.15, 0.2) is 6.23 Å². The van der Waals surface area contributed by atoms with Crippen molar-refractivity contribution in [3.63, 3.8) is 0 Å². The normalized spacial score (nSPS) is 11.9. The number of carbonyl (C=O) groups is 1. The van der Waals surface area contributed by atoms with E-state index in [0.717, 1.165) is 39.1 Å². The molecule has 0 radical (unpaired) electrons. The Morgan fingerprint density at radius 2 is 1.68 bits per heavy atom. The van der Waals surface area contributed by atoms with E-state index in [1.807, 2.05) is 103 Å². The number of hydrogen-bond donors (Lipinski definition) is 2. The number of amides is 1. The van der Waals surface area contributed by atoms with Crippen LogP contribution < -0.4 is 10.2 Å². The fourth-order valence-electron chi connectivity index (χ4n) is 4.83. The van der Waals surface area contributed by atoms with Crippen LogP contribution in [0.15, 0.2) is 116 Å². The maximum atomic E-state index is 13.4. The Kier molecular flexibility index (Phi) is 7.58. The maximum absolute atomic E-state index is 13.4. The van der Waals surface area contributed by atoms with Crippen LogP contribution in [0.1, 0.15) is 27.0 Å². The number of aryl methyl sites for hydroxylation is 2. The van der Waals surface area contributed by atoms with Crippen LogP contribution in [-0.2, 0) is 13.0 Å². The van der Waals surface area contributed by atoms with Gasteiger partial charge in [-0.25, -0.2) is 4.98 Å². The van der Waals surface area contributed by atoms with Crippen molar-refractivity contribution in [1.82, 2.24) is 14.5 Å². The number of pyridine rings is 1.